The summed E-state index contributed by atoms with van der Waals surface area (Å²) in [5.41, 5.74) is 3.37. The van der Waals surface area contributed by atoms with Gasteiger partial charge >= 0.3 is 0 Å². The summed E-state index contributed by atoms with van der Waals surface area (Å²) in [5.74, 6) is 1.68. The molecule has 0 radical (unpaired) electrons. The van der Waals surface area contributed by atoms with Gasteiger partial charge in [0.2, 0.25) is 0 Å². The fraction of sp³-hybridized carbons (Fsp3) is 0.250. The maximum absolute atomic E-state index is 5.38. The molecule has 1 N–H and O–H groups in total. The van der Waals surface area contributed by atoms with Gasteiger partial charge in [0.25, 0.3) is 0 Å². The molecule has 0 spiro atoms. The molecule has 3 nitrogen and oxygen atoms in total. The topological polar surface area (TPSA) is 30.5 Å². The van der Waals surface area contributed by atoms with E-state index in [0.29, 0.717) is 6.54 Å². The van der Waals surface area contributed by atoms with Crippen molar-refractivity contribution in [2.75, 3.05) is 19.5 Å². The molecule has 0 bridgehead atoms. The second-order valence-corrected chi connectivity index (χ2v) is 5.41. The number of hydrogen-bond acceptors (Lipinski definition) is 3. The van der Waals surface area contributed by atoms with Gasteiger partial charge in [-0.05, 0) is 42.8 Å². The number of ether oxygens (including phenoxy) is 2. The smallest absolute Gasteiger partial charge is 0.124 e. The van der Waals surface area contributed by atoms with Gasteiger partial charge in [-0.2, -0.15) is 0 Å². The Morgan fingerprint density at radius 2 is 1.85 bits per heavy atom. The zero-order chi connectivity index (χ0) is 14.5. The Labute approximate surface area is 128 Å². The van der Waals surface area contributed by atoms with Crippen LogP contribution in [0.15, 0.2) is 40.9 Å². The van der Waals surface area contributed by atoms with E-state index in [1.165, 1.54) is 5.56 Å². The predicted octanol–water partition coefficient (Wildman–Crippen LogP) is 4.39. The van der Waals surface area contributed by atoms with Crippen LogP contribution in [0.4, 0.5) is 5.69 Å². The molecule has 0 unspecified atom stereocenters. The molecule has 0 saturated heterocycles. The molecule has 0 aliphatic carbocycles. The zero-order valence-corrected chi connectivity index (χ0v) is 13.5. The highest BCUT2D eigenvalue weighted by Crippen LogP contribution is 2.26. The molecule has 106 valence electrons. The molecule has 0 atom stereocenters. The van der Waals surface area contributed by atoms with Gasteiger partial charge < -0.3 is 14.8 Å². The lowest BCUT2D eigenvalue weighted by molar-refractivity contribution is 0.399. The van der Waals surface area contributed by atoms with Crippen molar-refractivity contribution in [1.82, 2.24) is 0 Å². The van der Waals surface area contributed by atoms with Gasteiger partial charge in [-0.15, -0.1) is 0 Å². The Morgan fingerprint density at radius 1 is 1.05 bits per heavy atom. The molecule has 0 heterocycles. The van der Waals surface area contributed by atoms with Crippen molar-refractivity contribution in [2.24, 2.45) is 0 Å². The minimum absolute atomic E-state index is 0.678. The summed E-state index contributed by atoms with van der Waals surface area (Å²) in [6.45, 7) is 2.76. The molecule has 0 saturated carbocycles. The van der Waals surface area contributed by atoms with Crippen molar-refractivity contribution >= 4 is 21.6 Å². The molecule has 2 aromatic rings. The first-order chi connectivity index (χ1) is 9.63. The lowest BCUT2D eigenvalue weighted by Gasteiger charge is -2.13. The van der Waals surface area contributed by atoms with E-state index < -0.39 is 0 Å². The number of benzene rings is 2. The van der Waals surface area contributed by atoms with Crippen molar-refractivity contribution in [3.63, 3.8) is 0 Å². The van der Waals surface area contributed by atoms with E-state index in [4.69, 9.17) is 9.47 Å². The van der Waals surface area contributed by atoms with Crippen molar-refractivity contribution in [1.29, 1.82) is 0 Å². The van der Waals surface area contributed by atoms with Crippen LogP contribution >= 0.6 is 15.9 Å². The molecule has 20 heavy (non-hydrogen) atoms. The van der Waals surface area contributed by atoms with Crippen LogP contribution < -0.4 is 14.8 Å². The summed E-state index contributed by atoms with van der Waals surface area (Å²) in [6, 6.07) is 12.0. The first kappa shape index (κ1) is 14.7. The molecule has 4 heteroatoms. The summed E-state index contributed by atoms with van der Waals surface area (Å²) in [5, 5.41) is 3.43. The number of nitrogens with one attached hydrogen (secondary N) is 1. The number of rotatable bonds is 5. The fourth-order valence-electron chi connectivity index (χ4n) is 2.00. The first-order valence-electron chi connectivity index (χ1n) is 6.35. The number of anilines is 1. The molecule has 0 aliphatic rings. The maximum Gasteiger partial charge on any atom is 0.124 e. The van der Waals surface area contributed by atoms with Crippen LogP contribution in [-0.4, -0.2) is 14.2 Å². The maximum atomic E-state index is 5.38. The van der Waals surface area contributed by atoms with Gasteiger partial charge in [0.15, 0.2) is 0 Å². The Bertz CT molecular complexity index is 599. The van der Waals surface area contributed by atoms with Crippen molar-refractivity contribution < 1.29 is 9.47 Å². The van der Waals surface area contributed by atoms with Gasteiger partial charge in [0.05, 0.1) is 14.2 Å². The normalized spacial score (nSPS) is 10.2. The summed E-state index contributed by atoms with van der Waals surface area (Å²) in [7, 11) is 3.34. The molecule has 0 aliphatic heterocycles. The van der Waals surface area contributed by atoms with Crippen LogP contribution in [0.5, 0.6) is 11.5 Å². The third kappa shape index (κ3) is 3.45. The molecule has 2 aromatic carbocycles. The van der Waals surface area contributed by atoms with Gasteiger partial charge in [-0.3, -0.25) is 0 Å². The summed E-state index contributed by atoms with van der Waals surface area (Å²) >= 11 is 3.49. The van der Waals surface area contributed by atoms with Gasteiger partial charge in [0, 0.05) is 22.3 Å². The Morgan fingerprint density at radius 3 is 2.55 bits per heavy atom. The average molecular weight is 336 g/mol. The van der Waals surface area contributed by atoms with Crippen LogP contribution in [0.3, 0.4) is 0 Å². The van der Waals surface area contributed by atoms with Crippen LogP contribution in [-0.2, 0) is 6.54 Å². The molecule has 0 amide bonds. The average Bonchev–Trinajstić information content (AvgIpc) is 2.47. The molecular weight excluding hydrogens is 318 g/mol. The Hall–Kier alpha value is -1.68. The van der Waals surface area contributed by atoms with Crippen LogP contribution in [0, 0.1) is 6.92 Å². The summed E-state index contributed by atoms with van der Waals surface area (Å²) in [6.07, 6.45) is 0. The standard InChI is InChI=1S/C16H18BrNO2/c1-11-4-5-13(17)9-15(11)18-10-12-8-14(19-2)6-7-16(12)20-3/h4-9,18H,10H2,1-3H3. The van der Waals surface area contributed by atoms with Crippen LogP contribution in [0.1, 0.15) is 11.1 Å². The minimum atomic E-state index is 0.678. The van der Waals surface area contributed by atoms with Crippen LogP contribution in [0.2, 0.25) is 0 Å². The van der Waals surface area contributed by atoms with E-state index in [9.17, 15) is 0 Å². The van der Waals surface area contributed by atoms with Crippen molar-refractivity contribution in [2.45, 2.75) is 13.5 Å². The van der Waals surface area contributed by atoms with E-state index in [2.05, 4.69) is 40.3 Å². The zero-order valence-electron chi connectivity index (χ0n) is 11.9. The van der Waals surface area contributed by atoms with E-state index in [0.717, 1.165) is 27.2 Å². The summed E-state index contributed by atoms with van der Waals surface area (Å²) < 4.78 is 11.7. The van der Waals surface area contributed by atoms with E-state index in [-0.39, 0.29) is 0 Å². The van der Waals surface area contributed by atoms with Gasteiger partial charge in [-0.25, -0.2) is 0 Å². The number of aryl methyl sites for hydroxylation is 1. The Kier molecular flexibility index (Phi) is 4.90. The number of halogens is 1. The fourth-order valence-corrected chi connectivity index (χ4v) is 2.36. The van der Waals surface area contributed by atoms with E-state index >= 15 is 0 Å². The van der Waals surface area contributed by atoms with Gasteiger partial charge in [0.1, 0.15) is 11.5 Å². The van der Waals surface area contributed by atoms with Crippen molar-refractivity contribution in [3.8, 4) is 11.5 Å². The van der Waals surface area contributed by atoms with Crippen LogP contribution in [0.25, 0.3) is 0 Å². The monoisotopic (exact) mass is 335 g/mol. The molecule has 2 rings (SSSR count). The second-order valence-electron chi connectivity index (χ2n) is 4.49. The largest absolute Gasteiger partial charge is 0.497 e. The molecule has 0 aromatic heterocycles. The highest BCUT2D eigenvalue weighted by molar-refractivity contribution is 9.10. The lowest BCUT2D eigenvalue weighted by Crippen LogP contribution is -2.03. The first-order valence-corrected chi connectivity index (χ1v) is 7.14. The lowest BCUT2D eigenvalue weighted by atomic mass is 10.1. The third-order valence-electron chi connectivity index (χ3n) is 3.16. The molecule has 0 fully saturated rings. The predicted molar refractivity (Wildman–Crippen MR) is 85.8 cm³/mol. The van der Waals surface area contributed by atoms with Gasteiger partial charge in [-0.1, -0.05) is 22.0 Å². The highest BCUT2D eigenvalue weighted by Gasteiger charge is 2.06. The highest BCUT2D eigenvalue weighted by atomic mass is 79.9. The minimum Gasteiger partial charge on any atom is -0.497 e. The second kappa shape index (κ2) is 6.66. The van der Waals surface area contributed by atoms with E-state index in [1.807, 2.05) is 24.3 Å². The van der Waals surface area contributed by atoms with E-state index in [1.54, 1.807) is 14.2 Å². The molecular formula is C16H18BrNO2. The SMILES string of the molecule is COc1ccc(OC)c(CNc2cc(Br)ccc2C)c1. The van der Waals surface area contributed by atoms with Crippen molar-refractivity contribution in [3.05, 3.63) is 52.0 Å². The number of methoxy groups -OCH3 is 2. The Balaban J connectivity index is 2.19. The third-order valence-corrected chi connectivity index (χ3v) is 3.65. The number of hydrogen-bond donors (Lipinski definition) is 1. The quantitative estimate of drug-likeness (QED) is 0.879. The summed E-state index contributed by atoms with van der Waals surface area (Å²) in [4.78, 5) is 0.